The zero-order valence-corrected chi connectivity index (χ0v) is 12.6. The van der Waals surface area contributed by atoms with Gasteiger partial charge in [0.2, 0.25) is 0 Å². The van der Waals surface area contributed by atoms with Crippen molar-refractivity contribution in [3.8, 4) is 0 Å². The summed E-state index contributed by atoms with van der Waals surface area (Å²) in [6.45, 7) is 4.64. The van der Waals surface area contributed by atoms with Crippen molar-refractivity contribution in [1.29, 1.82) is 0 Å². The molecule has 2 fully saturated rings. The highest BCUT2D eigenvalue weighted by Gasteiger charge is 2.21. The molecule has 1 aromatic heterocycles. The molecule has 3 nitrogen and oxygen atoms in total. The first-order chi connectivity index (χ1) is 9.83. The molecule has 0 aromatic carbocycles. The summed E-state index contributed by atoms with van der Waals surface area (Å²) in [6.07, 6.45) is 11.6. The second-order valence-electron chi connectivity index (χ2n) is 6.43. The summed E-state index contributed by atoms with van der Waals surface area (Å²) in [5.41, 5.74) is 1.17. The molecule has 110 valence electrons. The summed E-state index contributed by atoms with van der Waals surface area (Å²) < 4.78 is 0. The van der Waals surface area contributed by atoms with E-state index in [1.54, 1.807) is 0 Å². The molecule has 0 bridgehead atoms. The Morgan fingerprint density at radius 3 is 2.50 bits per heavy atom. The molecule has 0 spiro atoms. The number of anilines is 2. The zero-order valence-electron chi connectivity index (χ0n) is 12.6. The summed E-state index contributed by atoms with van der Waals surface area (Å²) >= 11 is 0. The summed E-state index contributed by atoms with van der Waals surface area (Å²) in [6, 6.07) is 4.94. The van der Waals surface area contributed by atoms with Gasteiger partial charge in [-0.2, -0.15) is 0 Å². The van der Waals surface area contributed by atoms with Crippen LogP contribution in [0.5, 0.6) is 0 Å². The molecule has 1 saturated heterocycles. The van der Waals surface area contributed by atoms with Gasteiger partial charge in [-0.3, -0.25) is 0 Å². The molecule has 20 heavy (non-hydrogen) atoms. The van der Waals surface area contributed by atoms with Crippen molar-refractivity contribution in [2.75, 3.05) is 23.3 Å². The molecule has 1 aliphatic carbocycles. The van der Waals surface area contributed by atoms with Crippen LogP contribution in [0.1, 0.15) is 51.9 Å². The average molecular weight is 273 g/mol. The van der Waals surface area contributed by atoms with E-state index < -0.39 is 0 Å². The first-order valence-corrected chi connectivity index (χ1v) is 8.30. The Morgan fingerprint density at radius 2 is 1.85 bits per heavy atom. The van der Waals surface area contributed by atoms with Crippen LogP contribution in [0.3, 0.4) is 0 Å². The largest absolute Gasteiger partial charge is 0.381 e. The first-order valence-electron chi connectivity index (χ1n) is 8.30. The van der Waals surface area contributed by atoms with Gasteiger partial charge in [-0.25, -0.2) is 4.98 Å². The molecule has 0 radical (unpaired) electrons. The van der Waals surface area contributed by atoms with Crippen LogP contribution in [0.2, 0.25) is 0 Å². The number of nitrogens with one attached hydrogen (secondary N) is 1. The highest BCUT2D eigenvalue weighted by atomic mass is 15.2. The van der Waals surface area contributed by atoms with E-state index in [0.717, 1.165) is 24.8 Å². The molecule has 1 aliphatic heterocycles. The van der Waals surface area contributed by atoms with Crippen LogP contribution >= 0.6 is 0 Å². The number of aromatic nitrogens is 1. The molecule has 1 aromatic rings. The van der Waals surface area contributed by atoms with Gasteiger partial charge in [0.05, 0.1) is 11.9 Å². The van der Waals surface area contributed by atoms with Gasteiger partial charge < -0.3 is 10.2 Å². The highest BCUT2D eigenvalue weighted by molar-refractivity contribution is 5.49. The van der Waals surface area contributed by atoms with Crippen molar-refractivity contribution in [1.82, 2.24) is 4.98 Å². The lowest BCUT2D eigenvalue weighted by molar-refractivity contribution is 0.482. The quantitative estimate of drug-likeness (QED) is 0.896. The van der Waals surface area contributed by atoms with Gasteiger partial charge in [-0.05, 0) is 57.1 Å². The monoisotopic (exact) mass is 273 g/mol. The van der Waals surface area contributed by atoms with Crippen LogP contribution in [-0.2, 0) is 0 Å². The Morgan fingerprint density at radius 1 is 1.10 bits per heavy atom. The molecule has 2 aliphatic rings. The fourth-order valence-corrected chi connectivity index (χ4v) is 3.62. The molecule has 2 heterocycles. The van der Waals surface area contributed by atoms with Gasteiger partial charge in [0.15, 0.2) is 0 Å². The van der Waals surface area contributed by atoms with Crippen LogP contribution in [0.4, 0.5) is 11.5 Å². The van der Waals surface area contributed by atoms with Crippen LogP contribution < -0.4 is 10.2 Å². The van der Waals surface area contributed by atoms with Crippen LogP contribution in [0.25, 0.3) is 0 Å². The van der Waals surface area contributed by atoms with Crippen LogP contribution in [0, 0.1) is 5.92 Å². The third kappa shape index (κ3) is 3.25. The molecule has 3 rings (SSSR count). The number of rotatable bonds is 4. The maximum atomic E-state index is 4.65. The maximum Gasteiger partial charge on any atom is 0.128 e. The van der Waals surface area contributed by atoms with E-state index in [0.29, 0.717) is 6.04 Å². The molecule has 1 unspecified atom stereocenters. The topological polar surface area (TPSA) is 28.2 Å². The fraction of sp³-hybridized carbons (Fsp3) is 0.706. The Hall–Kier alpha value is -1.25. The predicted octanol–water partition coefficient (Wildman–Crippen LogP) is 4.06. The summed E-state index contributed by atoms with van der Waals surface area (Å²) in [4.78, 5) is 7.06. The third-order valence-corrected chi connectivity index (χ3v) is 4.93. The van der Waals surface area contributed by atoms with Crippen molar-refractivity contribution in [3.05, 3.63) is 18.3 Å². The summed E-state index contributed by atoms with van der Waals surface area (Å²) in [5.74, 6) is 1.99. The number of hydrogen-bond acceptors (Lipinski definition) is 3. The number of piperidine rings is 1. The Kier molecular flexibility index (Phi) is 4.44. The molecule has 1 N–H and O–H groups in total. The van der Waals surface area contributed by atoms with Gasteiger partial charge in [-0.15, -0.1) is 0 Å². The van der Waals surface area contributed by atoms with E-state index >= 15 is 0 Å². The minimum Gasteiger partial charge on any atom is -0.381 e. The van der Waals surface area contributed by atoms with Gasteiger partial charge in [-0.1, -0.05) is 12.8 Å². The molecule has 1 atom stereocenters. The zero-order chi connectivity index (χ0) is 13.8. The molecular formula is C17H27N3. The lowest BCUT2D eigenvalue weighted by atomic mass is 10.00. The van der Waals surface area contributed by atoms with E-state index in [1.165, 1.54) is 50.6 Å². The lowest BCUT2D eigenvalue weighted by Crippen LogP contribution is -2.30. The maximum absolute atomic E-state index is 4.65. The van der Waals surface area contributed by atoms with Gasteiger partial charge in [0, 0.05) is 19.1 Å². The normalized spacial score (nSPS) is 21.9. The Labute approximate surface area is 122 Å². The highest BCUT2D eigenvalue weighted by Crippen LogP contribution is 2.29. The van der Waals surface area contributed by atoms with Gasteiger partial charge >= 0.3 is 0 Å². The standard InChI is InChI=1S/C17H27N3/c1-14(15-7-3-4-8-15)19-16-9-10-17(18-13-16)20-11-5-2-6-12-20/h9-10,13-15,19H,2-8,11-12H2,1H3. The van der Waals surface area contributed by atoms with E-state index in [-0.39, 0.29) is 0 Å². The van der Waals surface area contributed by atoms with Crippen molar-refractivity contribution >= 4 is 11.5 Å². The van der Waals surface area contributed by atoms with E-state index in [1.807, 2.05) is 6.20 Å². The minimum atomic E-state index is 0.570. The van der Waals surface area contributed by atoms with Gasteiger partial charge in [0.1, 0.15) is 5.82 Å². The SMILES string of the molecule is CC(Nc1ccc(N2CCCCC2)nc1)C1CCCC1. The van der Waals surface area contributed by atoms with Crippen molar-refractivity contribution < 1.29 is 0 Å². The second-order valence-corrected chi connectivity index (χ2v) is 6.43. The number of nitrogens with zero attached hydrogens (tertiary/aromatic N) is 2. The molecule has 3 heteroatoms. The average Bonchev–Trinajstić information content (AvgIpc) is 3.03. The summed E-state index contributed by atoms with van der Waals surface area (Å²) in [7, 11) is 0. The van der Waals surface area contributed by atoms with E-state index in [2.05, 4.69) is 34.3 Å². The first kappa shape index (κ1) is 13.7. The van der Waals surface area contributed by atoms with E-state index in [4.69, 9.17) is 0 Å². The Balaban J connectivity index is 1.57. The van der Waals surface area contributed by atoms with Crippen LogP contribution in [-0.4, -0.2) is 24.1 Å². The predicted molar refractivity (Wildman–Crippen MR) is 85.3 cm³/mol. The fourth-order valence-electron chi connectivity index (χ4n) is 3.62. The smallest absolute Gasteiger partial charge is 0.128 e. The lowest BCUT2D eigenvalue weighted by Gasteiger charge is -2.28. The van der Waals surface area contributed by atoms with Crippen molar-refractivity contribution in [2.24, 2.45) is 5.92 Å². The Bertz CT molecular complexity index is 403. The number of hydrogen-bond donors (Lipinski definition) is 1. The van der Waals surface area contributed by atoms with E-state index in [9.17, 15) is 0 Å². The second kappa shape index (κ2) is 6.47. The van der Waals surface area contributed by atoms with Gasteiger partial charge in [0.25, 0.3) is 0 Å². The number of pyridine rings is 1. The molecular weight excluding hydrogens is 246 g/mol. The van der Waals surface area contributed by atoms with Crippen LogP contribution in [0.15, 0.2) is 18.3 Å². The summed E-state index contributed by atoms with van der Waals surface area (Å²) in [5, 5.41) is 3.63. The minimum absolute atomic E-state index is 0.570. The van der Waals surface area contributed by atoms with Crippen molar-refractivity contribution in [2.45, 2.75) is 57.9 Å². The molecule has 0 amide bonds. The molecule has 1 saturated carbocycles. The third-order valence-electron chi connectivity index (χ3n) is 4.93. The van der Waals surface area contributed by atoms with Crippen molar-refractivity contribution in [3.63, 3.8) is 0 Å².